The number of halogens is 3. The van der Waals surface area contributed by atoms with E-state index in [9.17, 15) is 8.78 Å². The number of hydrogen-bond donors (Lipinski definition) is 0. The maximum absolute atomic E-state index is 14.4. The summed E-state index contributed by atoms with van der Waals surface area (Å²) in [7, 11) is 0. The van der Waals surface area contributed by atoms with Crippen LogP contribution >= 0.6 is 26.3 Å². The molecule has 6 rings (SSSR count). The van der Waals surface area contributed by atoms with E-state index in [1.54, 1.807) is 12.1 Å². The van der Waals surface area contributed by atoms with Crippen molar-refractivity contribution in [3.63, 3.8) is 0 Å². The van der Waals surface area contributed by atoms with Gasteiger partial charge in [-0.05, 0) is 0 Å². The fourth-order valence-corrected chi connectivity index (χ4v) is 17.3. The zero-order valence-electron chi connectivity index (χ0n) is 22.2. The third-order valence-corrected chi connectivity index (χ3v) is 21.1. The molecular weight excluding hydrogens is 616 g/mol. The number of rotatable bonds is 7. The van der Waals surface area contributed by atoms with Gasteiger partial charge in [-0.3, -0.25) is 0 Å². The summed E-state index contributed by atoms with van der Waals surface area (Å²) in [5.41, 5.74) is 0.579. The predicted octanol–water partition coefficient (Wildman–Crippen LogP) is 9.14. The molecule has 2 saturated carbocycles. The van der Waals surface area contributed by atoms with Crippen LogP contribution in [0.1, 0.15) is 50.0 Å². The van der Waals surface area contributed by atoms with Crippen molar-refractivity contribution in [1.82, 2.24) is 0 Å². The predicted molar refractivity (Wildman–Crippen MR) is 171 cm³/mol. The second kappa shape index (κ2) is 11.1. The van der Waals surface area contributed by atoms with E-state index < -0.39 is 15.9 Å². The van der Waals surface area contributed by atoms with Gasteiger partial charge in [0.2, 0.25) is 0 Å². The molecule has 0 bridgehead atoms. The van der Waals surface area contributed by atoms with Gasteiger partial charge in [-0.25, -0.2) is 0 Å². The molecule has 0 N–H and O–H groups in total. The molecule has 0 nitrogen and oxygen atoms in total. The molecule has 4 aromatic rings. The Morgan fingerprint density at radius 1 is 0.590 bits per heavy atom. The minimum absolute atomic E-state index is 0.152. The molecule has 0 atom stereocenters. The van der Waals surface area contributed by atoms with Gasteiger partial charge in [-0.2, -0.15) is 0 Å². The van der Waals surface area contributed by atoms with Crippen molar-refractivity contribution in [3.05, 3.63) is 126 Å². The van der Waals surface area contributed by atoms with Crippen molar-refractivity contribution < 1.29 is 8.78 Å². The molecule has 2 aliphatic carbocycles. The fraction of sp³-hybridized carbons (Fsp3) is 0.314. The van der Waals surface area contributed by atoms with Crippen LogP contribution in [-0.2, 0) is 0 Å². The summed E-state index contributed by atoms with van der Waals surface area (Å²) >= 11 is 2.92. The molecule has 2 aliphatic rings. The Morgan fingerprint density at radius 3 is 1.56 bits per heavy atom. The van der Waals surface area contributed by atoms with Crippen LogP contribution in [-0.4, -0.2) is 6.16 Å². The SMILES string of the molecule is Fc1cccc(C2CCC(C3CC(CP(I)(c4ccccc4)(c4ccccc4)c4ccccc4)C3)CC2)c1F. The minimum atomic E-state index is -2.73. The third kappa shape index (κ3) is 4.88. The second-order valence-corrected chi connectivity index (χ2v) is 22.4. The zero-order valence-corrected chi connectivity index (χ0v) is 25.3. The van der Waals surface area contributed by atoms with Gasteiger partial charge >= 0.3 is 246 Å². The summed E-state index contributed by atoms with van der Waals surface area (Å²) in [5.74, 6) is 0.941. The average Bonchev–Trinajstić information content (AvgIpc) is 2.98. The topological polar surface area (TPSA) is 0 Å². The van der Waals surface area contributed by atoms with Crippen LogP contribution in [0.15, 0.2) is 109 Å². The quantitative estimate of drug-likeness (QED) is 0.138. The van der Waals surface area contributed by atoms with Crippen molar-refractivity contribution in [1.29, 1.82) is 0 Å². The van der Waals surface area contributed by atoms with E-state index >= 15 is 0 Å². The molecule has 0 spiro atoms. The van der Waals surface area contributed by atoms with E-state index in [1.807, 2.05) is 0 Å². The molecule has 0 unspecified atom stereocenters. The van der Waals surface area contributed by atoms with Gasteiger partial charge in [0.25, 0.3) is 0 Å². The molecule has 0 amide bonds. The average molecular weight is 653 g/mol. The van der Waals surface area contributed by atoms with Crippen LogP contribution in [0.3, 0.4) is 0 Å². The second-order valence-electron chi connectivity index (χ2n) is 11.7. The zero-order chi connectivity index (χ0) is 26.9. The summed E-state index contributed by atoms with van der Waals surface area (Å²) in [6.45, 7) is 0. The summed E-state index contributed by atoms with van der Waals surface area (Å²) in [5, 5.41) is 4.38. The Labute approximate surface area is 244 Å². The van der Waals surface area contributed by atoms with Gasteiger partial charge in [0.1, 0.15) is 0 Å². The number of hydrogen-bond acceptors (Lipinski definition) is 0. The molecular formula is C35H36F2IP. The molecule has 2 fully saturated rings. The van der Waals surface area contributed by atoms with Crippen LogP contribution in [0.4, 0.5) is 8.78 Å². The standard InChI is InChI=1S/C35H36F2IP/c36-34-18-10-17-33(35(34)37)28-21-19-27(20-22-28)29-23-26(24-29)25-39(38,30-11-4-1-5-12-30,31-13-6-2-7-14-31)32-15-8-3-9-16-32/h1-18,26-29H,19-25H2. The fourth-order valence-electron chi connectivity index (χ4n) is 7.52. The molecule has 0 radical (unpaired) electrons. The van der Waals surface area contributed by atoms with Gasteiger partial charge in [0.15, 0.2) is 0 Å². The normalized spacial score (nSPS) is 24.3. The molecule has 0 saturated heterocycles. The monoisotopic (exact) mass is 652 g/mol. The first-order valence-corrected chi connectivity index (χ1v) is 19.5. The van der Waals surface area contributed by atoms with Crippen LogP contribution in [0.2, 0.25) is 0 Å². The Morgan fingerprint density at radius 2 is 1.08 bits per heavy atom. The van der Waals surface area contributed by atoms with Crippen molar-refractivity contribution in [3.8, 4) is 0 Å². The van der Waals surface area contributed by atoms with Gasteiger partial charge in [-0.15, -0.1) is 0 Å². The van der Waals surface area contributed by atoms with E-state index in [4.69, 9.17) is 0 Å². The molecule has 0 aliphatic heterocycles. The number of benzene rings is 4. The van der Waals surface area contributed by atoms with Gasteiger partial charge in [0, 0.05) is 0 Å². The molecule has 4 heteroatoms. The van der Waals surface area contributed by atoms with Gasteiger partial charge < -0.3 is 0 Å². The molecule has 0 heterocycles. The van der Waals surface area contributed by atoms with E-state index in [0.29, 0.717) is 17.4 Å². The van der Waals surface area contributed by atoms with E-state index in [0.717, 1.165) is 31.6 Å². The van der Waals surface area contributed by atoms with E-state index in [-0.39, 0.29) is 5.92 Å². The van der Waals surface area contributed by atoms with Crippen LogP contribution < -0.4 is 15.9 Å². The first-order chi connectivity index (χ1) is 19.0. The van der Waals surface area contributed by atoms with Crippen molar-refractivity contribution in [2.75, 3.05) is 6.16 Å². The molecule has 0 aromatic heterocycles. The van der Waals surface area contributed by atoms with Crippen molar-refractivity contribution in [2.24, 2.45) is 17.8 Å². The summed E-state index contributed by atoms with van der Waals surface area (Å²) in [6.07, 6.45) is 7.93. The molecule has 202 valence electrons. The van der Waals surface area contributed by atoms with Crippen LogP contribution in [0.25, 0.3) is 0 Å². The summed E-state index contributed by atoms with van der Waals surface area (Å²) in [4.78, 5) is 0. The maximum atomic E-state index is 14.4. The van der Waals surface area contributed by atoms with Crippen LogP contribution in [0.5, 0.6) is 0 Å². The third-order valence-electron chi connectivity index (χ3n) is 9.62. The van der Waals surface area contributed by atoms with Crippen LogP contribution in [0, 0.1) is 29.4 Å². The first kappa shape index (κ1) is 27.1. The summed E-state index contributed by atoms with van der Waals surface area (Å²) < 4.78 is 25.5. The Hall–Kier alpha value is -2.10. The Balaban J connectivity index is 1.23. The van der Waals surface area contributed by atoms with Gasteiger partial charge in [0.05, 0.1) is 0 Å². The van der Waals surface area contributed by atoms with E-state index in [1.165, 1.54) is 41.0 Å². The van der Waals surface area contributed by atoms with E-state index in [2.05, 4.69) is 113 Å². The molecule has 39 heavy (non-hydrogen) atoms. The Bertz CT molecular complexity index is 1300. The van der Waals surface area contributed by atoms with Crippen molar-refractivity contribution >= 4 is 42.2 Å². The van der Waals surface area contributed by atoms with Crippen molar-refractivity contribution in [2.45, 2.75) is 44.4 Å². The Kier molecular flexibility index (Phi) is 7.68. The molecule has 4 aromatic carbocycles. The first-order valence-electron chi connectivity index (χ1n) is 14.3. The van der Waals surface area contributed by atoms with Gasteiger partial charge in [-0.1, -0.05) is 0 Å². The summed E-state index contributed by atoms with van der Waals surface area (Å²) in [6, 6.07) is 38.4.